The standard InChI is InChI=1S/C13H17ClN2OS/c1-10(14)8-16(2)9-13(17)15-11-6-4-5-7-12(11)18-3/h4-7H,1,8-9H2,2-3H3,(H,15,17)/p+1. The van der Waals surface area contributed by atoms with Crippen LogP contribution in [0.5, 0.6) is 0 Å². The maximum Gasteiger partial charge on any atom is 0.279 e. The summed E-state index contributed by atoms with van der Waals surface area (Å²) in [5, 5.41) is 3.47. The number of thioether (sulfide) groups is 1. The number of amides is 1. The summed E-state index contributed by atoms with van der Waals surface area (Å²) in [7, 11) is 1.91. The highest BCUT2D eigenvalue weighted by Crippen LogP contribution is 2.24. The third-order valence-corrected chi connectivity index (χ3v) is 3.27. The van der Waals surface area contributed by atoms with E-state index in [9.17, 15) is 4.79 Å². The third kappa shape index (κ3) is 5.12. The average Bonchev–Trinajstić information content (AvgIpc) is 2.28. The van der Waals surface area contributed by atoms with Gasteiger partial charge in [0.05, 0.1) is 17.8 Å². The van der Waals surface area contributed by atoms with Crippen LogP contribution >= 0.6 is 23.4 Å². The first-order valence-corrected chi connectivity index (χ1v) is 7.20. The molecule has 1 unspecified atom stereocenters. The van der Waals surface area contributed by atoms with Crippen molar-refractivity contribution in [2.75, 3.05) is 31.7 Å². The van der Waals surface area contributed by atoms with E-state index in [0.29, 0.717) is 18.1 Å². The Hall–Kier alpha value is -0.970. The maximum atomic E-state index is 11.9. The van der Waals surface area contributed by atoms with Gasteiger partial charge in [-0.25, -0.2) is 0 Å². The molecule has 1 rings (SSSR count). The van der Waals surface area contributed by atoms with Gasteiger partial charge in [0.25, 0.3) is 5.91 Å². The van der Waals surface area contributed by atoms with Crippen LogP contribution in [-0.4, -0.2) is 32.3 Å². The van der Waals surface area contributed by atoms with Crippen molar-refractivity contribution in [3.63, 3.8) is 0 Å². The van der Waals surface area contributed by atoms with Crippen molar-refractivity contribution in [2.45, 2.75) is 4.90 Å². The molecule has 1 amide bonds. The summed E-state index contributed by atoms with van der Waals surface area (Å²) >= 11 is 7.32. The Kier molecular flexibility index (Phi) is 6.25. The van der Waals surface area contributed by atoms with Crippen LogP contribution in [0.1, 0.15) is 0 Å². The highest BCUT2D eigenvalue weighted by Gasteiger charge is 2.11. The summed E-state index contributed by atoms with van der Waals surface area (Å²) in [6.07, 6.45) is 1.99. The third-order valence-electron chi connectivity index (χ3n) is 2.34. The highest BCUT2D eigenvalue weighted by atomic mass is 35.5. The van der Waals surface area contributed by atoms with Gasteiger partial charge in [-0.15, -0.1) is 11.8 Å². The van der Waals surface area contributed by atoms with E-state index in [1.54, 1.807) is 11.8 Å². The lowest BCUT2D eigenvalue weighted by molar-refractivity contribution is -0.865. The normalized spacial score (nSPS) is 11.9. The molecule has 98 valence electrons. The van der Waals surface area contributed by atoms with Crippen molar-refractivity contribution in [3.05, 3.63) is 35.9 Å². The number of nitrogens with one attached hydrogen (secondary N) is 2. The van der Waals surface area contributed by atoms with Crippen LogP contribution in [0.25, 0.3) is 0 Å². The van der Waals surface area contributed by atoms with E-state index < -0.39 is 0 Å². The number of quaternary nitrogens is 1. The number of carbonyl (C=O) groups excluding carboxylic acids is 1. The molecule has 0 heterocycles. The molecule has 0 aliphatic rings. The first kappa shape index (κ1) is 15.1. The molecule has 5 heteroatoms. The van der Waals surface area contributed by atoms with E-state index >= 15 is 0 Å². The smallest absolute Gasteiger partial charge is 0.279 e. The second kappa shape index (κ2) is 7.46. The molecule has 2 N–H and O–H groups in total. The molecule has 18 heavy (non-hydrogen) atoms. The van der Waals surface area contributed by atoms with E-state index in [1.807, 2.05) is 37.6 Å². The maximum absolute atomic E-state index is 11.9. The zero-order valence-electron chi connectivity index (χ0n) is 10.6. The van der Waals surface area contributed by atoms with E-state index in [4.69, 9.17) is 11.6 Å². The Morgan fingerprint density at radius 2 is 2.11 bits per heavy atom. The van der Waals surface area contributed by atoms with Gasteiger partial charge in [-0.2, -0.15) is 0 Å². The lowest BCUT2D eigenvalue weighted by Gasteiger charge is -2.14. The Morgan fingerprint density at radius 3 is 2.72 bits per heavy atom. The first-order valence-electron chi connectivity index (χ1n) is 5.60. The fourth-order valence-electron chi connectivity index (χ4n) is 1.61. The molecule has 1 atom stereocenters. The summed E-state index contributed by atoms with van der Waals surface area (Å²) < 4.78 is 0. The summed E-state index contributed by atoms with van der Waals surface area (Å²) in [4.78, 5) is 13.9. The molecule has 3 nitrogen and oxygen atoms in total. The number of likely N-dealkylation sites (N-methyl/N-ethyl adjacent to an activating group) is 1. The van der Waals surface area contributed by atoms with Gasteiger partial charge >= 0.3 is 0 Å². The molecule has 0 aromatic heterocycles. The Morgan fingerprint density at radius 1 is 1.44 bits per heavy atom. The molecule has 0 bridgehead atoms. The number of anilines is 1. The summed E-state index contributed by atoms with van der Waals surface area (Å²) in [5.41, 5.74) is 0.854. The van der Waals surface area contributed by atoms with Crippen LogP contribution < -0.4 is 10.2 Å². The van der Waals surface area contributed by atoms with Crippen molar-refractivity contribution in [3.8, 4) is 0 Å². The topological polar surface area (TPSA) is 33.5 Å². The largest absolute Gasteiger partial charge is 0.325 e. The molecule has 0 fully saturated rings. The van der Waals surface area contributed by atoms with E-state index in [0.717, 1.165) is 15.5 Å². The monoisotopic (exact) mass is 285 g/mol. The number of halogens is 1. The first-order chi connectivity index (χ1) is 8.52. The van der Waals surface area contributed by atoms with Gasteiger partial charge in [-0.1, -0.05) is 30.3 Å². The molecule has 0 aliphatic carbocycles. The fourth-order valence-corrected chi connectivity index (χ4v) is 2.39. The lowest BCUT2D eigenvalue weighted by Crippen LogP contribution is -3.10. The van der Waals surface area contributed by atoms with Gasteiger partial charge in [0, 0.05) is 4.90 Å². The predicted molar refractivity (Wildman–Crippen MR) is 78.5 cm³/mol. The number of carbonyl (C=O) groups is 1. The van der Waals surface area contributed by atoms with Crippen LogP contribution in [0.15, 0.2) is 40.8 Å². The van der Waals surface area contributed by atoms with E-state index in [2.05, 4.69) is 11.9 Å². The number of rotatable bonds is 6. The Bertz CT molecular complexity index is 437. The minimum atomic E-state index is -0.0214. The van der Waals surface area contributed by atoms with Gasteiger partial charge in [-0.05, 0) is 18.4 Å². The second-order valence-corrected chi connectivity index (χ2v) is 5.46. The zero-order chi connectivity index (χ0) is 13.5. The number of para-hydroxylation sites is 1. The van der Waals surface area contributed by atoms with Gasteiger partial charge in [-0.3, -0.25) is 4.79 Å². The zero-order valence-corrected chi connectivity index (χ0v) is 12.2. The van der Waals surface area contributed by atoms with Crippen LogP contribution in [-0.2, 0) is 4.79 Å². The van der Waals surface area contributed by atoms with Crippen molar-refractivity contribution < 1.29 is 9.69 Å². The summed E-state index contributed by atoms with van der Waals surface area (Å²) in [6, 6.07) is 7.75. The molecular formula is C13H18ClN2OS+. The van der Waals surface area contributed by atoms with Crippen LogP contribution in [0.4, 0.5) is 5.69 Å². The number of hydrogen-bond donors (Lipinski definition) is 2. The fraction of sp³-hybridized carbons (Fsp3) is 0.308. The van der Waals surface area contributed by atoms with Crippen molar-refractivity contribution in [2.24, 2.45) is 0 Å². The molecule has 0 radical (unpaired) electrons. The molecule has 0 aliphatic heterocycles. The second-order valence-electron chi connectivity index (χ2n) is 4.08. The van der Waals surface area contributed by atoms with Gasteiger partial charge in [0.15, 0.2) is 6.54 Å². The molecule has 0 spiro atoms. The highest BCUT2D eigenvalue weighted by molar-refractivity contribution is 7.98. The van der Waals surface area contributed by atoms with Crippen LogP contribution in [0, 0.1) is 0 Å². The number of hydrogen-bond acceptors (Lipinski definition) is 2. The van der Waals surface area contributed by atoms with Gasteiger partial charge in [0.1, 0.15) is 6.54 Å². The molecular weight excluding hydrogens is 268 g/mol. The minimum absolute atomic E-state index is 0.0214. The van der Waals surface area contributed by atoms with Crippen molar-refractivity contribution >= 4 is 35.0 Å². The molecule has 1 aromatic rings. The molecule has 1 aromatic carbocycles. The Labute approximate surface area is 117 Å². The van der Waals surface area contributed by atoms with E-state index in [1.165, 1.54) is 0 Å². The Balaban J connectivity index is 2.56. The number of benzene rings is 1. The van der Waals surface area contributed by atoms with Crippen molar-refractivity contribution in [1.82, 2.24) is 0 Å². The van der Waals surface area contributed by atoms with Crippen LogP contribution in [0.3, 0.4) is 0 Å². The molecule has 0 saturated heterocycles. The summed E-state index contributed by atoms with van der Waals surface area (Å²) in [6.45, 7) is 4.58. The molecule has 0 saturated carbocycles. The van der Waals surface area contributed by atoms with Gasteiger partial charge < -0.3 is 10.2 Å². The van der Waals surface area contributed by atoms with Gasteiger partial charge in [0.2, 0.25) is 0 Å². The van der Waals surface area contributed by atoms with Crippen LogP contribution in [0.2, 0.25) is 0 Å². The quantitative estimate of drug-likeness (QED) is 0.779. The van der Waals surface area contributed by atoms with Crippen molar-refractivity contribution in [1.29, 1.82) is 0 Å². The minimum Gasteiger partial charge on any atom is -0.325 e. The average molecular weight is 286 g/mol. The SMILES string of the molecule is C=C(Cl)C[NH+](C)CC(=O)Nc1ccccc1SC. The van der Waals surface area contributed by atoms with E-state index in [-0.39, 0.29) is 5.91 Å². The predicted octanol–water partition coefficient (Wildman–Crippen LogP) is 1.61. The lowest BCUT2D eigenvalue weighted by atomic mass is 10.3. The summed E-state index contributed by atoms with van der Waals surface area (Å²) in [5.74, 6) is -0.0214.